The molecule has 0 bridgehead atoms. The summed E-state index contributed by atoms with van der Waals surface area (Å²) < 4.78 is 7.86. The molecule has 2 fully saturated rings. The average Bonchev–Trinajstić information content (AvgIpc) is 3.04. The fraction of sp³-hybridized carbons (Fsp3) is 0.706. The molecule has 1 aromatic heterocycles. The number of carbonyl (C=O) groups is 2. The van der Waals surface area contributed by atoms with Crippen molar-refractivity contribution >= 4 is 11.9 Å². The molecule has 1 spiro atoms. The number of carbonyl (C=O) groups excluding carboxylic acids is 1. The van der Waals surface area contributed by atoms with Gasteiger partial charge in [-0.1, -0.05) is 0 Å². The van der Waals surface area contributed by atoms with E-state index < -0.39 is 5.97 Å². The van der Waals surface area contributed by atoms with Gasteiger partial charge in [0.1, 0.15) is 0 Å². The van der Waals surface area contributed by atoms with Crippen molar-refractivity contribution in [1.29, 1.82) is 0 Å². The largest absolute Gasteiger partial charge is 0.481 e. The van der Waals surface area contributed by atoms with Crippen LogP contribution < -0.4 is 5.32 Å². The molecule has 7 heteroatoms. The van der Waals surface area contributed by atoms with Crippen LogP contribution in [0, 0.1) is 19.8 Å². The molecule has 24 heavy (non-hydrogen) atoms. The maximum absolute atomic E-state index is 12.5. The van der Waals surface area contributed by atoms with Crippen molar-refractivity contribution in [1.82, 2.24) is 15.1 Å². The Morgan fingerprint density at radius 1 is 1.42 bits per heavy atom. The summed E-state index contributed by atoms with van der Waals surface area (Å²) in [6.07, 6.45) is 2.88. The lowest BCUT2D eigenvalue weighted by Gasteiger charge is -2.42. The minimum Gasteiger partial charge on any atom is -0.481 e. The van der Waals surface area contributed by atoms with E-state index in [9.17, 15) is 9.59 Å². The third-order valence-corrected chi connectivity index (χ3v) is 5.32. The van der Waals surface area contributed by atoms with Crippen LogP contribution in [0.4, 0.5) is 0 Å². The minimum absolute atomic E-state index is 0.0365. The predicted molar refractivity (Wildman–Crippen MR) is 86.9 cm³/mol. The molecule has 1 aliphatic heterocycles. The van der Waals surface area contributed by atoms with E-state index >= 15 is 0 Å². The number of carboxylic acid groups (broad SMARTS) is 1. The first-order valence-corrected chi connectivity index (χ1v) is 8.58. The lowest BCUT2D eigenvalue weighted by molar-refractivity contribution is -0.164. The van der Waals surface area contributed by atoms with Crippen LogP contribution in [-0.4, -0.2) is 45.0 Å². The van der Waals surface area contributed by atoms with Gasteiger partial charge in [0.25, 0.3) is 5.91 Å². The molecule has 1 atom stereocenters. The zero-order valence-corrected chi connectivity index (χ0v) is 14.5. The SMILES string of the molecule is CCn1nc(C)c(C(=O)NCC2CCC3(CC(C(=O)O)C3)O2)c1C. The summed E-state index contributed by atoms with van der Waals surface area (Å²) in [6, 6.07) is 0. The minimum atomic E-state index is -0.736. The molecule has 132 valence electrons. The van der Waals surface area contributed by atoms with Crippen LogP contribution >= 0.6 is 0 Å². The molecule has 1 amide bonds. The Bertz CT molecular complexity index is 661. The van der Waals surface area contributed by atoms with Crippen molar-refractivity contribution in [3.8, 4) is 0 Å². The number of aromatic nitrogens is 2. The molecule has 0 aromatic carbocycles. The van der Waals surface area contributed by atoms with Crippen LogP contribution in [0.5, 0.6) is 0 Å². The highest BCUT2D eigenvalue weighted by molar-refractivity contribution is 5.96. The van der Waals surface area contributed by atoms with Crippen LogP contribution in [-0.2, 0) is 16.1 Å². The lowest BCUT2D eigenvalue weighted by atomic mass is 9.69. The number of hydrogen-bond acceptors (Lipinski definition) is 4. The maximum atomic E-state index is 12.5. The van der Waals surface area contributed by atoms with Crippen LogP contribution in [0.25, 0.3) is 0 Å². The van der Waals surface area contributed by atoms with Crippen molar-refractivity contribution in [2.75, 3.05) is 6.54 Å². The van der Waals surface area contributed by atoms with Gasteiger partial charge in [-0.3, -0.25) is 14.3 Å². The van der Waals surface area contributed by atoms with E-state index in [4.69, 9.17) is 9.84 Å². The van der Waals surface area contributed by atoms with Crippen molar-refractivity contribution in [3.05, 3.63) is 17.0 Å². The second-order valence-corrected chi connectivity index (χ2v) is 6.98. The molecule has 1 saturated carbocycles. The molecule has 1 saturated heterocycles. The average molecular weight is 335 g/mol. The molecule has 7 nitrogen and oxygen atoms in total. The second-order valence-electron chi connectivity index (χ2n) is 6.98. The quantitative estimate of drug-likeness (QED) is 0.853. The summed E-state index contributed by atoms with van der Waals surface area (Å²) in [5, 5.41) is 16.3. The number of carboxylic acids is 1. The summed E-state index contributed by atoms with van der Waals surface area (Å²) in [6.45, 7) is 6.93. The molecular formula is C17H25N3O4. The van der Waals surface area contributed by atoms with Crippen molar-refractivity contribution in [3.63, 3.8) is 0 Å². The molecule has 1 aliphatic carbocycles. The molecular weight excluding hydrogens is 310 g/mol. The van der Waals surface area contributed by atoms with Gasteiger partial charge in [0, 0.05) is 18.8 Å². The zero-order valence-electron chi connectivity index (χ0n) is 14.5. The number of nitrogens with zero attached hydrogens (tertiary/aromatic N) is 2. The normalized spacial score (nSPS) is 28.8. The van der Waals surface area contributed by atoms with E-state index in [2.05, 4.69) is 10.4 Å². The van der Waals surface area contributed by atoms with E-state index in [1.165, 1.54) is 0 Å². The van der Waals surface area contributed by atoms with Crippen molar-refractivity contribution < 1.29 is 19.4 Å². The van der Waals surface area contributed by atoms with Crippen molar-refractivity contribution in [2.45, 2.75) is 64.7 Å². The highest BCUT2D eigenvalue weighted by atomic mass is 16.5. The van der Waals surface area contributed by atoms with E-state index in [1.54, 1.807) is 0 Å². The molecule has 1 unspecified atom stereocenters. The molecule has 0 radical (unpaired) electrons. The van der Waals surface area contributed by atoms with E-state index in [0.29, 0.717) is 24.9 Å². The number of amides is 1. The highest BCUT2D eigenvalue weighted by Gasteiger charge is 2.52. The topological polar surface area (TPSA) is 93.5 Å². The summed E-state index contributed by atoms with van der Waals surface area (Å²) >= 11 is 0. The van der Waals surface area contributed by atoms with Gasteiger partial charge in [-0.2, -0.15) is 5.10 Å². The van der Waals surface area contributed by atoms with Gasteiger partial charge < -0.3 is 15.2 Å². The van der Waals surface area contributed by atoms with Crippen LogP contribution in [0.1, 0.15) is 54.4 Å². The lowest BCUT2D eigenvalue weighted by Crippen LogP contribution is -2.47. The third kappa shape index (κ3) is 2.92. The van der Waals surface area contributed by atoms with Crippen LogP contribution in [0.15, 0.2) is 0 Å². The van der Waals surface area contributed by atoms with Gasteiger partial charge in [0.05, 0.1) is 28.9 Å². The van der Waals surface area contributed by atoms with E-state index in [-0.39, 0.29) is 23.5 Å². The Balaban J connectivity index is 1.53. The standard InChI is InChI=1S/C17H25N3O4/c1-4-20-11(3)14(10(2)19-20)15(21)18-9-13-5-6-17(24-13)7-12(8-17)16(22)23/h12-13H,4-9H2,1-3H3,(H,18,21)(H,22,23). The first-order valence-electron chi connectivity index (χ1n) is 8.58. The molecule has 1 aromatic rings. The molecule has 3 rings (SSSR count). The number of ether oxygens (including phenoxy) is 1. The number of hydrogen-bond donors (Lipinski definition) is 2. The Hall–Kier alpha value is -1.89. The Morgan fingerprint density at radius 2 is 2.12 bits per heavy atom. The second kappa shape index (κ2) is 6.20. The number of rotatable bonds is 5. The van der Waals surface area contributed by atoms with Gasteiger partial charge in [-0.15, -0.1) is 0 Å². The maximum Gasteiger partial charge on any atom is 0.306 e. The Labute approximate surface area is 141 Å². The summed E-state index contributed by atoms with van der Waals surface area (Å²) in [5.41, 5.74) is 1.98. The Morgan fingerprint density at radius 3 is 2.71 bits per heavy atom. The van der Waals surface area contributed by atoms with E-state index in [1.807, 2.05) is 25.5 Å². The van der Waals surface area contributed by atoms with E-state index in [0.717, 1.165) is 30.8 Å². The van der Waals surface area contributed by atoms with Gasteiger partial charge in [0.2, 0.25) is 0 Å². The first-order chi connectivity index (χ1) is 11.3. The van der Waals surface area contributed by atoms with Gasteiger partial charge >= 0.3 is 5.97 Å². The first kappa shape index (κ1) is 17.0. The molecule has 2 N–H and O–H groups in total. The highest BCUT2D eigenvalue weighted by Crippen LogP contribution is 2.49. The number of aryl methyl sites for hydroxylation is 2. The van der Waals surface area contributed by atoms with Crippen LogP contribution in [0.3, 0.4) is 0 Å². The fourth-order valence-corrected chi connectivity index (χ4v) is 3.98. The molecule has 2 heterocycles. The van der Waals surface area contributed by atoms with Crippen molar-refractivity contribution in [2.24, 2.45) is 5.92 Å². The Kier molecular flexibility index (Phi) is 4.38. The summed E-state index contributed by atoms with van der Waals surface area (Å²) in [5.74, 6) is -1.13. The zero-order chi connectivity index (χ0) is 17.5. The summed E-state index contributed by atoms with van der Waals surface area (Å²) in [4.78, 5) is 23.4. The third-order valence-electron chi connectivity index (χ3n) is 5.32. The summed E-state index contributed by atoms with van der Waals surface area (Å²) in [7, 11) is 0. The fourth-order valence-electron chi connectivity index (χ4n) is 3.98. The van der Waals surface area contributed by atoms with Gasteiger partial charge in [0.15, 0.2) is 0 Å². The predicted octanol–water partition coefficient (Wildman–Crippen LogP) is 1.66. The number of aliphatic carboxylic acids is 1. The smallest absolute Gasteiger partial charge is 0.306 e. The van der Waals surface area contributed by atoms with Gasteiger partial charge in [-0.05, 0) is 46.5 Å². The molecule has 2 aliphatic rings. The van der Waals surface area contributed by atoms with Gasteiger partial charge in [-0.25, -0.2) is 0 Å². The van der Waals surface area contributed by atoms with Crippen LogP contribution in [0.2, 0.25) is 0 Å². The number of nitrogens with one attached hydrogen (secondary N) is 1. The monoisotopic (exact) mass is 335 g/mol.